The van der Waals surface area contributed by atoms with E-state index in [-0.39, 0.29) is 17.9 Å². The summed E-state index contributed by atoms with van der Waals surface area (Å²) in [5.74, 6) is -0.0333. The maximum absolute atomic E-state index is 12.4. The van der Waals surface area contributed by atoms with Gasteiger partial charge in [-0.25, -0.2) is 0 Å². The average molecular weight is 278 g/mol. The Morgan fingerprint density at radius 3 is 2.84 bits per heavy atom. The summed E-state index contributed by atoms with van der Waals surface area (Å²) in [5.41, 5.74) is 1.64. The van der Waals surface area contributed by atoms with Gasteiger partial charge in [0.25, 0.3) is 5.91 Å². The van der Waals surface area contributed by atoms with Gasteiger partial charge in [0.05, 0.1) is 0 Å². The molecule has 1 aliphatic heterocycles. The van der Waals surface area contributed by atoms with Crippen molar-refractivity contribution in [3.63, 3.8) is 0 Å². The number of nitrogens with zero attached hydrogens (tertiary/aromatic N) is 1. The zero-order valence-corrected chi connectivity index (χ0v) is 12.0. The minimum absolute atomic E-state index is 0.0150. The first kappa shape index (κ1) is 13.9. The normalized spacial score (nSPS) is 18.5. The number of hydrogen-bond donors (Lipinski definition) is 2. The fraction of sp³-hybridized carbons (Fsp3) is 0.429. The van der Waals surface area contributed by atoms with Gasteiger partial charge in [-0.1, -0.05) is 6.07 Å². The molecule has 1 heterocycles. The molecule has 2 rings (SSSR count). The van der Waals surface area contributed by atoms with E-state index in [0.717, 1.165) is 16.9 Å². The van der Waals surface area contributed by atoms with Gasteiger partial charge in [0.15, 0.2) is 0 Å². The third kappa shape index (κ3) is 3.29. The first-order valence-electron chi connectivity index (χ1n) is 6.33. The van der Waals surface area contributed by atoms with Crippen LogP contribution in [-0.2, 0) is 4.79 Å². The van der Waals surface area contributed by atoms with Crippen molar-refractivity contribution in [2.45, 2.75) is 31.2 Å². The lowest BCUT2D eigenvalue weighted by molar-refractivity contribution is -0.119. The highest BCUT2D eigenvalue weighted by Gasteiger charge is 2.27. The van der Waals surface area contributed by atoms with Crippen LogP contribution in [0.3, 0.4) is 0 Å². The van der Waals surface area contributed by atoms with E-state index in [0.29, 0.717) is 18.7 Å². The molecule has 1 aromatic rings. The summed E-state index contributed by atoms with van der Waals surface area (Å²) in [7, 11) is 0. The molecule has 1 saturated heterocycles. The SMILES string of the molecule is CC(=O)NC1CCN(C(=O)c2cc(S)ccc2C)C1. The van der Waals surface area contributed by atoms with Crippen molar-refractivity contribution >= 4 is 24.4 Å². The number of amides is 2. The molecule has 5 heteroatoms. The van der Waals surface area contributed by atoms with Crippen molar-refractivity contribution < 1.29 is 9.59 Å². The van der Waals surface area contributed by atoms with Gasteiger partial charge in [0, 0.05) is 36.5 Å². The molecule has 19 heavy (non-hydrogen) atoms. The topological polar surface area (TPSA) is 49.4 Å². The summed E-state index contributed by atoms with van der Waals surface area (Å²) in [4.78, 5) is 26.0. The highest BCUT2D eigenvalue weighted by molar-refractivity contribution is 7.80. The quantitative estimate of drug-likeness (QED) is 0.808. The van der Waals surface area contributed by atoms with Gasteiger partial charge in [-0.2, -0.15) is 0 Å². The molecule has 2 amide bonds. The van der Waals surface area contributed by atoms with Crippen LogP contribution in [0.15, 0.2) is 23.1 Å². The van der Waals surface area contributed by atoms with Gasteiger partial charge >= 0.3 is 0 Å². The number of nitrogens with one attached hydrogen (secondary N) is 1. The molecule has 0 radical (unpaired) electrons. The van der Waals surface area contributed by atoms with Crippen LogP contribution >= 0.6 is 12.6 Å². The highest BCUT2D eigenvalue weighted by Crippen LogP contribution is 2.19. The van der Waals surface area contributed by atoms with E-state index in [4.69, 9.17) is 0 Å². The summed E-state index contributed by atoms with van der Waals surface area (Å²) in [6, 6.07) is 5.64. The van der Waals surface area contributed by atoms with Gasteiger partial charge in [-0.15, -0.1) is 12.6 Å². The first-order chi connectivity index (χ1) is 8.97. The third-order valence-corrected chi connectivity index (χ3v) is 3.61. The number of benzene rings is 1. The molecule has 1 fully saturated rings. The Bertz CT molecular complexity index is 516. The second-order valence-corrected chi connectivity index (χ2v) is 5.45. The van der Waals surface area contributed by atoms with Gasteiger partial charge in [0.2, 0.25) is 5.91 Å². The lowest BCUT2D eigenvalue weighted by Crippen LogP contribution is -2.37. The Morgan fingerprint density at radius 2 is 2.16 bits per heavy atom. The summed E-state index contributed by atoms with van der Waals surface area (Å²) in [6.07, 6.45) is 0.810. The molecule has 1 unspecified atom stereocenters. The van der Waals surface area contributed by atoms with Crippen LogP contribution < -0.4 is 5.32 Å². The van der Waals surface area contributed by atoms with Crippen LogP contribution in [0.25, 0.3) is 0 Å². The van der Waals surface area contributed by atoms with Gasteiger partial charge in [-0.05, 0) is 31.0 Å². The van der Waals surface area contributed by atoms with Crippen molar-refractivity contribution in [2.75, 3.05) is 13.1 Å². The molecular formula is C14H18N2O2S. The van der Waals surface area contributed by atoms with Crippen molar-refractivity contribution in [1.82, 2.24) is 10.2 Å². The molecule has 0 aliphatic carbocycles. The van der Waals surface area contributed by atoms with Gasteiger partial charge in [-0.3, -0.25) is 9.59 Å². The molecule has 102 valence electrons. The Kier molecular flexibility index (Phi) is 4.14. The molecular weight excluding hydrogens is 260 g/mol. The third-order valence-electron chi connectivity index (χ3n) is 3.33. The Balaban J connectivity index is 2.09. The number of thiol groups is 1. The molecule has 0 saturated carbocycles. The van der Waals surface area contributed by atoms with Crippen LogP contribution in [-0.4, -0.2) is 35.8 Å². The van der Waals surface area contributed by atoms with Crippen molar-refractivity contribution in [1.29, 1.82) is 0 Å². The zero-order chi connectivity index (χ0) is 14.0. The van der Waals surface area contributed by atoms with Crippen LogP contribution in [0.2, 0.25) is 0 Å². The van der Waals surface area contributed by atoms with Gasteiger partial charge in [0.1, 0.15) is 0 Å². The van der Waals surface area contributed by atoms with Crippen LogP contribution in [0.5, 0.6) is 0 Å². The lowest BCUT2D eigenvalue weighted by atomic mass is 10.1. The molecule has 1 N–H and O–H groups in total. The second kappa shape index (κ2) is 5.65. The molecule has 4 nitrogen and oxygen atoms in total. The molecule has 1 aromatic carbocycles. The zero-order valence-electron chi connectivity index (χ0n) is 11.1. The Hall–Kier alpha value is -1.49. The van der Waals surface area contributed by atoms with E-state index >= 15 is 0 Å². The number of rotatable bonds is 2. The molecule has 0 bridgehead atoms. The van der Waals surface area contributed by atoms with Crippen molar-refractivity contribution in [3.8, 4) is 0 Å². The molecule has 0 aromatic heterocycles. The Morgan fingerprint density at radius 1 is 1.42 bits per heavy atom. The number of carbonyl (C=O) groups is 2. The number of aryl methyl sites for hydroxylation is 1. The second-order valence-electron chi connectivity index (χ2n) is 4.94. The van der Waals surface area contributed by atoms with Gasteiger partial charge < -0.3 is 10.2 Å². The average Bonchev–Trinajstić information content (AvgIpc) is 2.79. The van der Waals surface area contributed by atoms with Crippen LogP contribution in [0.4, 0.5) is 0 Å². The van der Waals surface area contributed by atoms with Crippen molar-refractivity contribution in [3.05, 3.63) is 29.3 Å². The maximum Gasteiger partial charge on any atom is 0.254 e. The maximum atomic E-state index is 12.4. The number of likely N-dealkylation sites (tertiary alicyclic amines) is 1. The summed E-state index contributed by atoms with van der Waals surface area (Å²) < 4.78 is 0. The summed E-state index contributed by atoms with van der Waals surface area (Å²) in [6.45, 7) is 4.68. The van der Waals surface area contributed by atoms with E-state index in [9.17, 15) is 9.59 Å². The smallest absolute Gasteiger partial charge is 0.254 e. The highest BCUT2D eigenvalue weighted by atomic mass is 32.1. The number of carbonyl (C=O) groups excluding carboxylic acids is 2. The standard InChI is InChI=1S/C14H18N2O2S/c1-9-3-4-12(19)7-13(9)14(18)16-6-5-11(8-16)15-10(2)17/h3-4,7,11,19H,5-6,8H2,1-2H3,(H,15,17). The van der Waals surface area contributed by atoms with Crippen molar-refractivity contribution in [2.24, 2.45) is 0 Å². The van der Waals surface area contributed by atoms with Crippen LogP contribution in [0.1, 0.15) is 29.3 Å². The predicted octanol–water partition coefficient (Wildman–Crippen LogP) is 1.63. The lowest BCUT2D eigenvalue weighted by Gasteiger charge is -2.18. The Labute approximate surface area is 118 Å². The first-order valence-corrected chi connectivity index (χ1v) is 6.78. The largest absolute Gasteiger partial charge is 0.352 e. The molecule has 1 aliphatic rings. The van der Waals surface area contributed by atoms with E-state index in [2.05, 4.69) is 17.9 Å². The van der Waals surface area contributed by atoms with E-state index < -0.39 is 0 Å². The van der Waals surface area contributed by atoms with E-state index in [1.807, 2.05) is 19.1 Å². The summed E-state index contributed by atoms with van der Waals surface area (Å²) in [5, 5.41) is 2.86. The monoisotopic (exact) mass is 278 g/mol. The van der Waals surface area contributed by atoms with E-state index in [1.54, 1.807) is 11.0 Å². The minimum Gasteiger partial charge on any atom is -0.352 e. The summed E-state index contributed by atoms with van der Waals surface area (Å²) >= 11 is 4.27. The van der Waals surface area contributed by atoms with Crippen LogP contribution in [0, 0.1) is 6.92 Å². The fourth-order valence-electron chi connectivity index (χ4n) is 2.36. The fourth-order valence-corrected chi connectivity index (χ4v) is 2.56. The van der Waals surface area contributed by atoms with E-state index in [1.165, 1.54) is 6.92 Å². The molecule has 1 atom stereocenters. The minimum atomic E-state index is -0.0483. The number of hydrogen-bond acceptors (Lipinski definition) is 3. The predicted molar refractivity (Wildman–Crippen MR) is 76.6 cm³/mol. The molecule has 0 spiro atoms.